The molecule has 2 N–H and O–H groups in total. The van der Waals surface area contributed by atoms with E-state index in [2.05, 4.69) is 14.8 Å². The maximum atomic E-state index is 12.3. The zero-order valence-electron chi connectivity index (χ0n) is 15.7. The summed E-state index contributed by atoms with van der Waals surface area (Å²) < 4.78 is 33.1. The number of benzene rings is 2. The van der Waals surface area contributed by atoms with E-state index in [-0.39, 0.29) is 5.56 Å². The maximum absolute atomic E-state index is 12.3. The summed E-state index contributed by atoms with van der Waals surface area (Å²) in [6, 6.07) is 15.9. The number of anilines is 1. The van der Waals surface area contributed by atoms with Crippen LogP contribution in [0, 0.1) is 0 Å². The molecule has 8 nitrogen and oxygen atoms in total. The normalized spacial score (nSPS) is 11.5. The molecule has 0 aliphatic heterocycles. The van der Waals surface area contributed by atoms with Crippen LogP contribution in [0.5, 0.6) is 11.5 Å². The Bertz CT molecular complexity index is 1360. The first-order valence-electron chi connectivity index (χ1n) is 8.71. The molecule has 2 aromatic carbocycles. The molecule has 4 rings (SSSR count). The molecule has 0 aliphatic carbocycles. The number of hydrogen-bond acceptors (Lipinski definition) is 5. The Morgan fingerprint density at radius 3 is 2.59 bits per heavy atom. The van der Waals surface area contributed by atoms with Crippen LogP contribution in [0.15, 0.2) is 65.6 Å². The number of fused-ring (bicyclic) bond motifs is 1. The van der Waals surface area contributed by atoms with Crippen molar-refractivity contribution in [3.63, 3.8) is 0 Å². The van der Waals surface area contributed by atoms with E-state index in [0.29, 0.717) is 39.3 Å². The van der Waals surface area contributed by atoms with E-state index in [1.807, 2.05) is 30.3 Å². The topological polar surface area (TPSA) is 106 Å². The zero-order chi connectivity index (χ0) is 20.6. The Morgan fingerprint density at radius 2 is 1.86 bits per heavy atom. The Balaban J connectivity index is 1.94. The lowest BCUT2D eigenvalue weighted by molar-refractivity contribution is 0.484. The van der Waals surface area contributed by atoms with Crippen LogP contribution in [0.4, 0.5) is 5.69 Å². The van der Waals surface area contributed by atoms with Crippen LogP contribution < -0.4 is 15.0 Å². The predicted octanol–water partition coefficient (Wildman–Crippen LogP) is 3.09. The van der Waals surface area contributed by atoms with Crippen LogP contribution in [-0.4, -0.2) is 29.4 Å². The number of aromatic nitrogens is 3. The van der Waals surface area contributed by atoms with E-state index in [0.717, 1.165) is 6.26 Å². The smallest absolute Gasteiger partial charge is 0.290 e. The minimum absolute atomic E-state index is 0.260. The summed E-state index contributed by atoms with van der Waals surface area (Å²) in [5.41, 5.74) is 1.55. The Kier molecular flexibility index (Phi) is 4.59. The predicted molar refractivity (Wildman–Crippen MR) is 112 cm³/mol. The van der Waals surface area contributed by atoms with Gasteiger partial charge in [-0.2, -0.15) is 5.10 Å². The molecular weight excluding hydrogens is 392 g/mol. The third kappa shape index (κ3) is 3.85. The van der Waals surface area contributed by atoms with Crippen LogP contribution in [0.2, 0.25) is 0 Å². The Labute approximate surface area is 166 Å². The van der Waals surface area contributed by atoms with Crippen molar-refractivity contribution in [2.24, 2.45) is 7.05 Å². The third-order valence-electron chi connectivity index (χ3n) is 4.27. The zero-order valence-corrected chi connectivity index (χ0v) is 16.5. The molecule has 0 saturated carbocycles. The summed E-state index contributed by atoms with van der Waals surface area (Å²) in [5, 5.41) is 5.02. The van der Waals surface area contributed by atoms with Gasteiger partial charge in [0.1, 0.15) is 22.7 Å². The van der Waals surface area contributed by atoms with Gasteiger partial charge in [0.15, 0.2) is 0 Å². The molecule has 0 saturated heterocycles. The largest absolute Gasteiger partial charge is 0.457 e. The van der Waals surface area contributed by atoms with E-state index >= 15 is 0 Å². The molecule has 148 valence electrons. The first-order chi connectivity index (χ1) is 13.8. The lowest BCUT2D eigenvalue weighted by Gasteiger charge is -2.14. The summed E-state index contributed by atoms with van der Waals surface area (Å²) >= 11 is 0. The lowest BCUT2D eigenvalue weighted by atomic mass is 10.1. The number of ether oxygens (including phenoxy) is 1. The van der Waals surface area contributed by atoms with Crippen molar-refractivity contribution in [1.82, 2.24) is 14.8 Å². The van der Waals surface area contributed by atoms with Gasteiger partial charge in [0.05, 0.1) is 6.26 Å². The SMILES string of the molecule is Cn1nc(-c2cc(NS(C)(=O)=O)ccc2Oc2ccccc2)c2cc[nH]c2c1=O. The minimum atomic E-state index is -3.47. The van der Waals surface area contributed by atoms with Gasteiger partial charge in [0, 0.05) is 29.9 Å². The van der Waals surface area contributed by atoms with E-state index in [9.17, 15) is 13.2 Å². The summed E-state index contributed by atoms with van der Waals surface area (Å²) in [6.07, 6.45) is 2.74. The molecule has 0 fully saturated rings. The molecule has 2 aromatic heterocycles. The van der Waals surface area contributed by atoms with Gasteiger partial charge >= 0.3 is 0 Å². The number of sulfonamides is 1. The van der Waals surface area contributed by atoms with E-state index in [1.165, 1.54) is 4.68 Å². The highest BCUT2D eigenvalue weighted by Crippen LogP contribution is 2.37. The molecule has 2 heterocycles. The molecule has 0 bridgehead atoms. The molecule has 29 heavy (non-hydrogen) atoms. The lowest BCUT2D eigenvalue weighted by Crippen LogP contribution is -2.20. The highest BCUT2D eigenvalue weighted by atomic mass is 32.2. The van der Waals surface area contributed by atoms with Gasteiger partial charge in [-0.1, -0.05) is 18.2 Å². The van der Waals surface area contributed by atoms with Crippen molar-refractivity contribution in [3.05, 3.63) is 71.1 Å². The molecule has 9 heteroatoms. The van der Waals surface area contributed by atoms with Crippen LogP contribution in [0.3, 0.4) is 0 Å². The first kappa shape index (κ1) is 18.8. The molecule has 0 amide bonds. The Hall–Kier alpha value is -3.59. The van der Waals surface area contributed by atoms with Gasteiger partial charge in [-0.05, 0) is 36.4 Å². The highest BCUT2D eigenvalue weighted by molar-refractivity contribution is 7.92. The standard InChI is InChI=1S/C20H18N4O4S/c1-24-20(25)19-15(10-11-21-19)18(22-24)16-12-13(23-29(2,26)27)8-9-17(16)28-14-6-4-3-5-7-14/h3-12,21,23H,1-2H3. The summed E-state index contributed by atoms with van der Waals surface area (Å²) in [7, 11) is -1.91. The van der Waals surface area contributed by atoms with Crippen LogP contribution in [-0.2, 0) is 17.1 Å². The number of rotatable bonds is 5. The second kappa shape index (κ2) is 7.10. The van der Waals surface area contributed by atoms with Gasteiger partial charge in [0.25, 0.3) is 5.56 Å². The molecule has 4 aromatic rings. The number of aryl methyl sites for hydroxylation is 1. The molecule has 0 spiro atoms. The second-order valence-corrected chi connectivity index (χ2v) is 8.29. The van der Waals surface area contributed by atoms with Crippen LogP contribution in [0.25, 0.3) is 22.2 Å². The average Bonchev–Trinajstić information content (AvgIpc) is 3.16. The quantitative estimate of drug-likeness (QED) is 0.526. The fourth-order valence-corrected chi connectivity index (χ4v) is 3.61. The van der Waals surface area contributed by atoms with Gasteiger partial charge in [-0.25, -0.2) is 13.1 Å². The molecule has 0 atom stereocenters. The second-order valence-electron chi connectivity index (χ2n) is 6.54. The van der Waals surface area contributed by atoms with Crippen molar-refractivity contribution < 1.29 is 13.2 Å². The maximum Gasteiger partial charge on any atom is 0.290 e. The van der Waals surface area contributed by atoms with Crippen molar-refractivity contribution in [2.75, 3.05) is 11.0 Å². The van der Waals surface area contributed by atoms with E-state index in [1.54, 1.807) is 37.5 Å². The first-order valence-corrected chi connectivity index (χ1v) is 10.6. The minimum Gasteiger partial charge on any atom is -0.457 e. The van der Waals surface area contributed by atoms with Crippen molar-refractivity contribution in [1.29, 1.82) is 0 Å². The number of H-pyrrole nitrogens is 1. The molecular formula is C20H18N4O4S. The number of para-hydroxylation sites is 1. The fraction of sp³-hybridized carbons (Fsp3) is 0.100. The summed E-state index contributed by atoms with van der Waals surface area (Å²) in [6.45, 7) is 0. The fourth-order valence-electron chi connectivity index (χ4n) is 3.05. The third-order valence-corrected chi connectivity index (χ3v) is 4.88. The number of aromatic amines is 1. The summed E-state index contributed by atoms with van der Waals surface area (Å²) in [4.78, 5) is 15.3. The molecule has 0 aliphatic rings. The van der Waals surface area contributed by atoms with Gasteiger partial charge in [-0.3, -0.25) is 9.52 Å². The van der Waals surface area contributed by atoms with Crippen LogP contribution in [0.1, 0.15) is 0 Å². The molecule has 0 radical (unpaired) electrons. The average molecular weight is 410 g/mol. The van der Waals surface area contributed by atoms with Crippen molar-refractivity contribution >= 4 is 26.6 Å². The number of hydrogen-bond donors (Lipinski definition) is 2. The number of nitrogens with one attached hydrogen (secondary N) is 2. The Morgan fingerprint density at radius 1 is 1.10 bits per heavy atom. The molecule has 0 unspecified atom stereocenters. The number of nitrogens with zero attached hydrogens (tertiary/aromatic N) is 2. The van der Waals surface area contributed by atoms with Gasteiger partial charge in [0.2, 0.25) is 10.0 Å². The van der Waals surface area contributed by atoms with Crippen molar-refractivity contribution in [3.8, 4) is 22.8 Å². The van der Waals surface area contributed by atoms with Crippen molar-refractivity contribution in [2.45, 2.75) is 0 Å². The van der Waals surface area contributed by atoms with Crippen LogP contribution >= 0.6 is 0 Å². The van der Waals surface area contributed by atoms with Gasteiger partial charge < -0.3 is 9.72 Å². The highest BCUT2D eigenvalue weighted by Gasteiger charge is 2.17. The monoisotopic (exact) mass is 410 g/mol. The van der Waals surface area contributed by atoms with E-state index < -0.39 is 10.0 Å². The van der Waals surface area contributed by atoms with Gasteiger partial charge in [-0.15, -0.1) is 0 Å². The van der Waals surface area contributed by atoms with E-state index in [4.69, 9.17) is 4.74 Å². The summed E-state index contributed by atoms with van der Waals surface area (Å²) in [5.74, 6) is 1.09.